The quantitative estimate of drug-likeness (QED) is 0.386. The van der Waals surface area contributed by atoms with E-state index >= 15 is 0 Å². The first-order chi connectivity index (χ1) is 12.1. The first-order valence-corrected chi connectivity index (χ1v) is 10.3. The van der Waals surface area contributed by atoms with Gasteiger partial charge < -0.3 is 9.90 Å². The van der Waals surface area contributed by atoms with Gasteiger partial charge in [0.2, 0.25) is 0 Å². The monoisotopic (exact) mass is 349 g/mol. The van der Waals surface area contributed by atoms with Crippen molar-refractivity contribution in [3.63, 3.8) is 0 Å². The van der Waals surface area contributed by atoms with Crippen LogP contribution in [0.3, 0.4) is 0 Å². The van der Waals surface area contributed by atoms with Gasteiger partial charge in [0.05, 0.1) is 0 Å². The van der Waals surface area contributed by atoms with Crippen LogP contribution in [0.4, 0.5) is 0 Å². The molecule has 0 amide bonds. The average molecular weight is 350 g/mol. The number of pyridine rings is 1. The van der Waals surface area contributed by atoms with E-state index in [1.165, 1.54) is 89.2 Å². The Morgan fingerprint density at radius 1 is 0.920 bits per heavy atom. The highest BCUT2D eigenvalue weighted by molar-refractivity contribution is 5.60. The molecule has 0 unspecified atom stereocenters. The van der Waals surface area contributed by atoms with Crippen LogP contribution in [0.2, 0.25) is 0 Å². The van der Waals surface area contributed by atoms with Gasteiger partial charge in [0.25, 0.3) is 0 Å². The Balaban J connectivity index is 0.00000129. The van der Waals surface area contributed by atoms with Gasteiger partial charge in [-0.25, -0.2) is 4.57 Å². The van der Waals surface area contributed by atoms with Gasteiger partial charge in [-0.15, -0.1) is 0 Å². The van der Waals surface area contributed by atoms with Gasteiger partial charge in [0.15, 0.2) is 12.4 Å². The number of aliphatic carboxylic acids is 1. The van der Waals surface area contributed by atoms with Crippen LogP contribution in [-0.2, 0) is 17.8 Å². The fourth-order valence-electron chi connectivity index (χ4n) is 2.93. The van der Waals surface area contributed by atoms with E-state index in [-0.39, 0.29) is 0 Å². The molecule has 25 heavy (non-hydrogen) atoms. The van der Waals surface area contributed by atoms with Crippen LogP contribution in [0.15, 0.2) is 24.5 Å². The molecule has 1 heterocycles. The second kappa shape index (κ2) is 17.4. The minimum Gasteiger partial charge on any atom is -0.550 e. The largest absolute Gasteiger partial charge is 0.550 e. The highest BCUT2D eigenvalue weighted by Crippen LogP contribution is 2.10. The second-order valence-electron chi connectivity index (χ2n) is 6.87. The zero-order chi connectivity index (χ0) is 18.8. The molecule has 0 atom stereocenters. The van der Waals surface area contributed by atoms with Crippen molar-refractivity contribution in [1.29, 1.82) is 0 Å². The van der Waals surface area contributed by atoms with Gasteiger partial charge in [-0.2, -0.15) is 0 Å². The van der Waals surface area contributed by atoms with E-state index in [1.807, 2.05) is 0 Å². The second-order valence-corrected chi connectivity index (χ2v) is 6.87. The summed E-state index contributed by atoms with van der Waals surface area (Å²) < 4.78 is 2.37. The van der Waals surface area contributed by atoms with Crippen molar-refractivity contribution in [2.24, 2.45) is 0 Å². The summed E-state index contributed by atoms with van der Waals surface area (Å²) in [6, 6.07) is 4.44. The lowest BCUT2D eigenvalue weighted by molar-refractivity contribution is -0.697. The van der Waals surface area contributed by atoms with Gasteiger partial charge >= 0.3 is 0 Å². The fraction of sp³-hybridized carbons (Fsp3) is 0.727. The third kappa shape index (κ3) is 17.2. The topological polar surface area (TPSA) is 44.0 Å². The van der Waals surface area contributed by atoms with Gasteiger partial charge in [-0.1, -0.05) is 71.6 Å². The average Bonchev–Trinajstić information content (AvgIpc) is 2.57. The Morgan fingerprint density at radius 2 is 1.44 bits per heavy atom. The lowest BCUT2D eigenvalue weighted by Gasteiger charge is -2.02. The highest BCUT2D eigenvalue weighted by atomic mass is 16.4. The van der Waals surface area contributed by atoms with Crippen molar-refractivity contribution in [2.75, 3.05) is 0 Å². The Bertz CT molecular complexity index is 428. The summed E-state index contributed by atoms with van der Waals surface area (Å²) in [5, 5.41) is 8.89. The van der Waals surface area contributed by atoms with Gasteiger partial charge in [-0.05, 0) is 25.8 Å². The number of carbonyl (C=O) groups excluding carboxylic acids is 1. The minimum absolute atomic E-state index is 0.972. The molecule has 0 saturated heterocycles. The molecule has 0 aliphatic rings. The molecule has 1 aromatic heterocycles. The fourth-order valence-corrected chi connectivity index (χ4v) is 2.93. The number of unbranched alkanes of at least 4 members (excludes halogenated alkanes) is 9. The number of carboxylic acid groups (broad SMARTS) is 1. The molecule has 1 aromatic rings. The lowest BCUT2D eigenvalue weighted by atomic mass is 10.1. The number of rotatable bonds is 13. The summed E-state index contributed by atoms with van der Waals surface area (Å²) >= 11 is 0. The van der Waals surface area contributed by atoms with E-state index in [0.29, 0.717) is 0 Å². The van der Waals surface area contributed by atoms with Crippen molar-refractivity contribution >= 4 is 5.97 Å². The summed E-state index contributed by atoms with van der Waals surface area (Å²) in [6.45, 7) is 6.70. The normalized spacial score (nSPS) is 10.2. The Hall–Kier alpha value is -1.38. The van der Waals surface area contributed by atoms with Crippen LogP contribution in [0.25, 0.3) is 0 Å². The summed E-state index contributed by atoms with van der Waals surface area (Å²) in [5.41, 5.74) is 1.48. The van der Waals surface area contributed by atoms with Crippen LogP contribution >= 0.6 is 0 Å². The molecule has 0 N–H and O–H groups in total. The molecule has 3 nitrogen and oxygen atoms in total. The van der Waals surface area contributed by atoms with E-state index < -0.39 is 5.97 Å². The zero-order valence-corrected chi connectivity index (χ0v) is 16.8. The van der Waals surface area contributed by atoms with Crippen molar-refractivity contribution in [1.82, 2.24) is 0 Å². The lowest BCUT2D eigenvalue weighted by Crippen LogP contribution is -2.33. The van der Waals surface area contributed by atoms with Crippen LogP contribution in [0.1, 0.15) is 97.0 Å². The van der Waals surface area contributed by atoms with Crippen molar-refractivity contribution < 1.29 is 14.5 Å². The predicted octanol–water partition coefficient (Wildman–Crippen LogP) is 4.60. The standard InChI is InChI=1S/C20H36N.C2H4O2/c1-3-5-6-7-8-9-10-11-12-13-17-21-18-14-16-20(19-21)15-4-2;1-2(3)4/h14,16,18-19H,3-13,15,17H2,1-2H3;1H3,(H,3,4)/q+1;/p-1. The van der Waals surface area contributed by atoms with Crippen LogP contribution in [0.5, 0.6) is 0 Å². The number of aryl methyl sites for hydroxylation is 2. The molecule has 3 heteroatoms. The molecule has 0 saturated carbocycles. The number of carbonyl (C=O) groups is 1. The molecule has 0 aliphatic heterocycles. The van der Waals surface area contributed by atoms with Crippen LogP contribution < -0.4 is 9.67 Å². The zero-order valence-electron chi connectivity index (χ0n) is 16.8. The number of nitrogens with zero attached hydrogens (tertiary/aromatic N) is 1. The predicted molar refractivity (Wildman–Crippen MR) is 103 cm³/mol. The van der Waals surface area contributed by atoms with Crippen LogP contribution in [0, 0.1) is 0 Å². The SMILES string of the molecule is CC(=O)[O-].CCCCCCCCCCCC[n+]1cccc(CCC)c1. The van der Waals surface area contributed by atoms with E-state index in [2.05, 4.69) is 42.9 Å². The summed E-state index contributed by atoms with van der Waals surface area (Å²) in [7, 11) is 0. The number of hydrogen-bond acceptors (Lipinski definition) is 2. The van der Waals surface area contributed by atoms with Gasteiger partial charge in [0.1, 0.15) is 6.54 Å². The number of aromatic nitrogens is 1. The van der Waals surface area contributed by atoms with E-state index in [4.69, 9.17) is 9.90 Å². The first-order valence-electron chi connectivity index (χ1n) is 10.3. The van der Waals surface area contributed by atoms with Crippen molar-refractivity contribution in [2.45, 2.75) is 104 Å². The van der Waals surface area contributed by atoms with E-state index in [9.17, 15) is 0 Å². The van der Waals surface area contributed by atoms with Crippen molar-refractivity contribution in [3.05, 3.63) is 30.1 Å². The Labute approximate surface area is 155 Å². The van der Waals surface area contributed by atoms with Gasteiger partial charge in [0, 0.05) is 24.0 Å². The summed E-state index contributed by atoms with van der Waals surface area (Å²) in [5.74, 6) is -1.08. The molecule has 0 aliphatic carbocycles. The molecule has 0 radical (unpaired) electrons. The third-order valence-electron chi connectivity index (χ3n) is 4.23. The Kier molecular flexibility index (Phi) is 16.5. The molecular formula is C22H39NO2. The highest BCUT2D eigenvalue weighted by Gasteiger charge is 2.02. The summed E-state index contributed by atoms with van der Waals surface area (Å²) in [4.78, 5) is 8.89. The maximum absolute atomic E-state index is 8.89. The molecule has 0 fully saturated rings. The first kappa shape index (κ1) is 23.6. The molecular weight excluding hydrogens is 310 g/mol. The van der Waals surface area contributed by atoms with E-state index in [0.717, 1.165) is 6.92 Å². The third-order valence-corrected chi connectivity index (χ3v) is 4.23. The maximum atomic E-state index is 8.89. The molecule has 0 aromatic carbocycles. The molecule has 0 spiro atoms. The molecule has 144 valence electrons. The number of carboxylic acids is 1. The maximum Gasteiger partial charge on any atom is 0.171 e. The van der Waals surface area contributed by atoms with Gasteiger partial charge in [-0.3, -0.25) is 0 Å². The van der Waals surface area contributed by atoms with E-state index in [1.54, 1.807) is 0 Å². The summed E-state index contributed by atoms with van der Waals surface area (Å²) in [6.07, 6.45) is 21.1. The number of hydrogen-bond donors (Lipinski definition) is 0. The minimum atomic E-state index is -1.08. The Morgan fingerprint density at radius 3 is 1.96 bits per heavy atom. The van der Waals surface area contributed by atoms with Crippen molar-refractivity contribution in [3.8, 4) is 0 Å². The molecule has 0 bridgehead atoms. The van der Waals surface area contributed by atoms with Crippen LogP contribution in [-0.4, -0.2) is 5.97 Å². The molecule has 1 rings (SSSR count). The smallest absolute Gasteiger partial charge is 0.171 e.